The van der Waals surface area contributed by atoms with Gasteiger partial charge in [0.1, 0.15) is 6.10 Å². The van der Waals surface area contributed by atoms with Crippen LogP contribution in [0.1, 0.15) is 45.4 Å². The molecule has 0 radical (unpaired) electrons. The smallest absolute Gasteiger partial charge is 0.220 e. The molecule has 4 nitrogen and oxygen atoms in total. The minimum absolute atomic E-state index is 0. The van der Waals surface area contributed by atoms with Crippen molar-refractivity contribution in [2.75, 3.05) is 13.1 Å². The molecule has 6 heteroatoms. The normalized spacial score (nSPS) is 17.5. The highest BCUT2D eigenvalue weighted by atomic mass is 35.5. The lowest BCUT2D eigenvalue weighted by Gasteiger charge is -2.35. The number of ether oxygens (including phenoxy) is 1. The fourth-order valence-electron chi connectivity index (χ4n) is 3.21. The average molecular weight is 359 g/mol. The first kappa shape index (κ1) is 20.7. The maximum Gasteiger partial charge on any atom is 0.220 e. The Bertz CT molecular complexity index is 521. The van der Waals surface area contributed by atoms with Gasteiger partial charge in [-0.3, -0.25) is 4.79 Å². The quantitative estimate of drug-likeness (QED) is 0.784. The van der Waals surface area contributed by atoms with Gasteiger partial charge in [0.05, 0.1) is 6.54 Å². The Morgan fingerprint density at radius 1 is 1.33 bits per heavy atom. The second kappa shape index (κ2) is 9.84. The number of carbonyl (C=O) groups excluding carboxylic acids is 1. The Morgan fingerprint density at radius 2 is 2.00 bits per heavy atom. The molecule has 1 amide bonds. The average Bonchev–Trinajstić information content (AvgIpc) is 2.56. The Balaban J connectivity index is 0.00000288. The van der Waals surface area contributed by atoms with E-state index in [1.807, 2.05) is 6.92 Å². The predicted octanol–water partition coefficient (Wildman–Crippen LogP) is 3.43. The Labute approximate surface area is 149 Å². The first-order chi connectivity index (χ1) is 11.0. The molecule has 1 fully saturated rings. The molecule has 1 unspecified atom stereocenters. The monoisotopic (exact) mass is 358 g/mol. The van der Waals surface area contributed by atoms with Gasteiger partial charge >= 0.3 is 0 Å². The highest BCUT2D eigenvalue weighted by Gasteiger charge is 2.32. The number of halogens is 2. The summed E-state index contributed by atoms with van der Waals surface area (Å²) in [6, 6.07) is 6.27. The van der Waals surface area contributed by atoms with Gasteiger partial charge in [0.25, 0.3) is 0 Å². The number of nitrogens with one attached hydrogen (secondary N) is 1. The van der Waals surface area contributed by atoms with Crippen molar-refractivity contribution < 1.29 is 13.9 Å². The zero-order chi connectivity index (χ0) is 16.7. The van der Waals surface area contributed by atoms with Crippen molar-refractivity contribution in [2.45, 2.75) is 51.6 Å². The van der Waals surface area contributed by atoms with Crippen molar-refractivity contribution in [3.63, 3.8) is 0 Å². The van der Waals surface area contributed by atoms with Crippen molar-refractivity contribution in [1.29, 1.82) is 0 Å². The van der Waals surface area contributed by atoms with E-state index in [1.54, 1.807) is 18.2 Å². The number of amides is 1. The second-order valence-electron chi connectivity index (χ2n) is 6.60. The van der Waals surface area contributed by atoms with Gasteiger partial charge in [-0.1, -0.05) is 31.4 Å². The number of para-hydroxylation sites is 1. The molecule has 2 rings (SSSR count). The second-order valence-corrected chi connectivity index (χ2v) is 6.60. The number of benzene rings is 1. The summed E-state index contributed by atoms with van der Waals surface area (Å²) in [4.78, 5) is 12.2. The molecule has 1 aromatic rings. The van der Waals surface area contributed by atoms with Crippen LogP contribution in [0.25, 0.3) is 0 Å². The first-order valence-electron chi connectivity index (χ1n) is 8.43. The topological polar surface area (TPSA) is 64.4 Å². The van der Waals surface area contributed by atoms with Gasteiger partial charge in [-0.2, -0.15) is 0 Å². The third kappa shape index (κ3) is 5.95. The summed E-state index contributed by atoms with van der Waals surface area (Å²) in [5.74, 6) is -0.184. The summed E-state index contributed by atoms with van der Waals surface area (Å²) in [5.41, 5.74) is 5.87. The number of rotatable bonds is 7. The maximum absolute atomic E-state index is 13.5. The molecule has 1 aromatic carbocycles. The number of hydrogen-bond acceptors (Lipinski definition) is 3. The fourth-order valence-corrected chi connectivity index (χ4v) is 3.21. The summed E-state index contributed by atoms with van der Waals surface area (Å²) in [6.45, 7) is 2.72. The molecule has 1 atom stereocenters. The molecule has 0 saturated heterocycles. The summed E-state index contributed by atoms with van der Waals surface area (Å²) >= 11 is 0. The van der Waals surface area contributed by atoms with E-state index < -0.39 is 5.82 Å². The van der Waals surface area contributed by atoms with Crippen LogP contribution in [-0.4, -0.2) is 25.1 Å². The Kier molecular flexibility index (Phi) is 8.50. The largest absolute Gasteiger partial charge is 0.486 e. The lowest BCUT2D eigenvalue weighted by Crippen LogP contribution is -2.41. The molecule has 136 valence electrons. The highest BCUT2D eigenvalue weighted by molar-refractivity contribution is 5.85. The van der Waals surface area contributed by atoms with Crippen molar-refractivity contribution in [1.82, 2.24) is 5.32 Å². The number of hydrogen-bond donors (Lipinski definition) is 2. The van der Waals surface area contributed by atoms with Crippen LogP contribution in [-0.2, 0) is 4.79 Å². The maximum atomic E-state index is 13.5. The fraction of sp³-hybridized carbons (Fsp3) is 0.611. The van der Waals surface area contributed by atoms with E-state index in [-0.39, 0.29) is 35.6 Å². The standard InChI is InChI=1S/C18H27FN2O2.ClH/c1-14(23-16-8-4-3-7-15(16)19)12-21-17(22)11-18(13-20)9-5-2-6-10-18;/h3-4,7-8,14H,2,5-6,9-13,20H2,1H3,(H,21,22);1H. The molecular weight excluding hydrogens is 331 g/mol. The summed E-state index contributed by atoms with van der Waals surface area (Å²) in [6.07, 6.45) is 5.76. The van der Waals surface area contributed by atoms with E-state index in [0.29, 0.717) is 19.5 Å². The third-order valence-electron chi connectivity index (χ3n) is 4.63. The first-order valence-corrected chi connectivity index (χ1v) is 8.43. The van der Waals surface area contributed by atoms with Crippen LogP contribution in [0.4, 0.5) is 4.39 Å². The van der Waals surface area contributed by atoms with Crippen molar-refractivity contribution in [3.05, 3.63) is 30.1 Å². The van der Waals surface area contributed by atoms with Gasteiger partial charge in [0, 0.05) is 6.42 Å². The molecule has 1 saturated carbocycles. The van der Waals surface area contributed by atoms with Crippen LogP contribution in [0, 0.1) is 11.2 Å². The summed E-state index contributed by atoms with van der Waals surface area (Å²) in [7, 11) is 0. The van der Waals surface area contributed by atoms with Crippen LogP contribution < -0.4 is 15.8 Å². The number of nitrogens with two attached hydrogens (primary N) is 1. The molecular formula is C18H28ClFN2O2. The number of carbonyl (C=O) groups is 1. The van der Waals surface area contributed by atoms with Crippen molar-refractivity contribution in [2.24, 2.45) is 11.1 Å². The minimum atomic E-state index is -0.394. The zero-order valence-corrected chi connectivity index (χ0v) is 15.0. The van der Waals surface area contributed by atoms with Crippen LogP contribution in [0.2, 0.25) is 0 Å². The van der Waals surface area contributed by atoms with Crippen molar-refractivity contribution in [3.8, 4) is 5.75 Å². The van der Waals surface area contributed by atoms with Gasteiger partial charge in [0.2, 0.25) is 5.91 Å². The Morgan fingerprint density at radius 3 is 2.62 bits per heavy atom. The highest BCUT2D eigenvalue weighted by Crippen LogP contribution is 2.38. The molecule has 0 heterocycles. The van der Waals surface area contributed by atoms with Crippen LogP contribution in [0.15, 0.2) is 24.3 Å². The molecule has 1 aliphatic carbocycles. The molecule has 0 bridgehead atoms. The molecule has 0 aliphatic heterocycles. The molecule has 1 aliphatic rings. The van der Waals surface area contributed by atoms with E-state index in [2.05, 4.69) is 5.32 Å². The Hall–Kier alpha value is -1.33. The van der Waals surface area contributed by atoms with Gasteiger partial charge < -0.3 is 15.8 Å². The lowest BCUT2D eigenvalue weighted by atomic mass is 9.71. The van der Waals surface area contributed by atoms with E-state index in [9.17, 15) is 9.18 Å². The zero-order valence-electron chi connectivity index (χ0n) is 14.2. The van der Waals surface area contributed by atoms with Crippen molar-refractivity contribution >= 4 is 18.3 Å². The molecule has 0 spiro atoms. The third-order valence-corrected chi connectivity index (χ3v) is 4.63. The van der Waals surface area contributed by atoms with E-state index >= 15 is 0 Å². The lowest BCUT2D eigenvalue weighted by molar-refractivity contribution is -0.124. The molecule has 0 aromatic heterocycles. The SMILES string of the molecule is CC(CNC(=O)CC1(CN)CCCCC1)Oc1ccccc1F.Cl. The van der Waals surface area contributed by atoms with Gasteiger partial charge in [-0.15, -0.1) is 12.4 Å². The minimum Gasteiger partial charge on any atom is -0.486 e. The molecule has 24 heavy (non-hydrogen) atoms. The van der Waals surface area contributed by atoms with Crippen LogP contribution in [0.5, 0.6) is 5.75 Å². The van der Waals surface area contributed by atoms with E-state index in [1.165, 1.54) is 12.5 Å². The van der Waals surface area contributed by atoms with Crippen LogP contribution >= 0.6 is 12.4 Å². The van der Waals surface area contributed by atoms with Gasteiger partial charge in [0.15, 0.2) is 11.6 Å². The van der Waals surface area contributed by atoms with Crippen LogP contribution in [0.3, 0.4) is 0 Å². The van der Waals surface area contributed by atoms with Gasteiger partial charge in [-0.05, 0) is 43.9 Å². The van der Waals surface area contributed by atoms with E-state index in [0.717, 1.165) is 25.7 Å². The van der Waals surface area contributed by atoms with Gasteiger partial charge in [-0.25, -0.2) is 4.39 Å². The summed E-state index contributed by atoms with van der Waals surface area (Å²) < 4.78 is 19.1. The predicted molar refractivity (Wildman–Crippen MR) is 95.9 cm³/mol. The summed E-state index contributed by atoms with van der Waals surface area (Å²) in [5, 5.41) is 2.89. The van der Waals surface area contributed by atoms with E-state index in [4.69, 9.17) is 10.5 Å². The molecule has 3 N–H and O–H groups in total.